The summed E-state index contributed by atoms with van der Waals surface area (Å²) in [6.07, 6.45) is 7.81. The first-order chi connectivity index (χ1) is 10.5. The van der Waals surface area contributed by atoms with Crippen LogP contribution in [0.25, 0.3) is 0 Å². The first kappa shape index (κ1) is 14.5. The minimum Gasteiger partial charge on any atom is -0.333 e. The van der Waals surface area contributed by atoms with Gasteiger partial charge in [-0.05, 0) is 70.1 Å². The second kappa shape index (κ2) is 5.22. The molecule has 0 spiro atoms. The molecule has 5 rings (SSSR count). The molecule has 0 aliphatic heterocycles. The van der Waals surface area contributed by atoms with E-state index in [2.05, 4.69) is 15.6 Å². The fourth-order valence-electron chi connectivity index (χ4n) is 5.45. The lowest BCUT2D eigenvalue weighted by atomic mass is 9.53. The van der Waals surface area contributed by atoms with Gasteiger partial charge in [-0.1, -0.05) is 0 Å². The molecule has 0 atom stereocenters. The molecule has 5 heteroatoms. The third kappa shape index (κ3) is 2.64. The Kier molecular flexibility index (Phi) is 3.44. The predicted molar refractivity (Wildman–Crippen MR) is 87.9 cm³/mol. The maximum atomic E-state index is 12.4. The van der Waals surface area contributed by atoms with Crippen molar-refractivity contribution in [1.29, 1.82) is 0 Å². The van der Waals surface area contributed by atoms with Gasteiger partial charge in [0, 0.05) is 10.4 Å². The van der Waals surface area contributed by atoms with E-state index in [0.29, 0.717) is 6.54 Å². The number of nitrogens with zero attached hydrogens (tertiary/aromatic N) is 1. The molecule has 4 aliphatic rings. The highest BCUT2D eigenvalue weighted by Crippen LogP contribution is 2.55. The van der Waals surface area contributed by atoms with Crippen LogP contribution in [0, 0.1) is 31.6 Å². The van der Waals surface area contributed by atoms with Gasteiger partial charge in [0.15, 0.2) is 0 Å². The highest BCUT2D eigenvalue weighted by molar-refractivity contribution is 7.11. The molecule has 0 aromatic carbocycles. The molecule has 120 valence electrons. The molecule has 2 N–H and O–H groups in total. The Balaban J connectivity index is 1.37. The molecule has 0 radical (unpaired) electrons. The minimum absolute atomic E-state index is 0.00685. The molecular weight excluding hydrogens is 294 g/mol. The lowest BCUT2D eigenvalue weighted by molar-refractivity contribution is -0.0135. The summed E-state index contributed by atoms with van der Waals surface area (Å²) < 4.78 is 0. The van der Waals surface area contributed by atoms with Crippen LogP contribution in [0.1, 0.15) is 54.1 Å². The summed E-state index contributed by atoms with van der Waals surface area (Å²) in [5.41, 5.74) is 1.13. The Morgan fingerprint density at radius 2 is 1.77 bits per heavy atom. The molecule has 0 unspecified atom stereocenters. The van der Waals surface area contributed by atoms with Gasteiger partial charge in [-0.25, -0.2) is 9.78 Å². The Morgan fingerprint density at radius 1 is 1.18 bits per heavy atom. The number of carbonyl (C=O) groups is 1. The lowest BCUT2D eigenvalue weighted by Gasteiger charge is -2.56. The predicted octanol–water partition coefficient (Wildman–Crippen LogP) is 3.53. The summed E-state index contributed by atoms with van der Waals surface area (Å²) in [7, 11) is 0. The SMILES string of the molecule is Cc1nc(C)c(CNC(=O)NC23CC4CC(CC(C4)C2)C3)s1. The zero-order valence-corrected chi connectivity index (χ0v) is 14.3. The number of urea groups is 1. The normalized spacial score (nSPS) is 35.6. The van der Waals surface area contributed by atoms with Gasteiger partial charge in [0.05, 0.1) is 17.2 Å². The molecule has 1 aromatic heterocycles. The summed E-state index contributed by atoms with van der Waals surface area (Å²) in [6.45, 7) is 4.61. The van der Waals surface area contributed by atoms with Crippen LogP contribution in [0.4, 0.5) is 4.79 Å². The number of amides is 2. The average molecular weight is 319 g/mol. The highest BCUT2D eigenvalue weighted by atomic mass is 32.1. The third-order valence-corrected chi connectivity index (χ3v) is 6.90. The molecule has 0 saturated heterocycles. The largest absolute Gasteiger partial charge is 0.333 e. The van der Waals surface area contributed by atoms with Gasteiger partial charge in [-0.15, -0.1) is 11.3 Å². The lowest BCUT2D eigenvalue weighted by Crippen LogP contribution is -2.61. The van der Waals surface area contributed by atoms with Crippen LogP contribution in [-0.4, -0.2) is 16.6 Å². The fraction of sp³-hybridized carbons (Fsp3) is 0.765. The van der Waals surface area contributed by atoms with Gasteiger partial charge in [0.1, 0.15) is 0 Å². The molecular formula is C17H25N3OS. The maximum Gasteiger partial charge on any atom is 0.315 e. The number of hydrogen-bond donors (Lipinski definition) is 2. The number of nitrogens with one attached hydrogen (secondary N) is 2. The minimum atomic E-state index is 0.00685. The summed E-state index contributed by atoms with van der Waals surface area (Å²) in [5.74, 6) is 2.58. The van der Waals surface area contributed by atoms with E-state index in [0.717, 1.165) is 33.3 Å². The smallest absolute Gasteiger partial charge is 0.315 e. The van der Waals surface area contributed by atoms with Crippen LogP contribution >= 0.6 is 11.3 Å². The van der Waals surface area contributed by atoms with Crippen molar-refractivity contribution in [2.75, 3.05) is 0 Å². The molecule has 4 bridgehead atoms. The molecule has 4 nitrogen and oxygen atoms in total. The first-order valence-electron chi connectivity index (χ1n) is 8.50. The Labute approximate surface area is 136 Å². The van der Waals surface area contributed by atoms with Crippen molar-refractivity contribution in [3.05, 3.63) is 15.6 Å². The number of carbonyl (C=O) groups excluding carboxylic acids is 1. The van der Waals surface area contributed by atoms with E-state index in [1.807, 2.05) is 13.8 Å². The zero-order valence-electron chi connectivity index (χ0n) is 13.4. The van der Waals surface area contributed by atoms with Crippen LogP contribution in [-0.2, 0) is 6.54 Å². The zero-order chi connectivity index (χ0) is 15.3. The second-order valence-corrected chi connectivity index (χ2v) is 9.03. The van der Waals surface area contributed by atoms with Crippen LogP contribution < -0.4 is 10.6 Å². The standard InChI is InChI=1S/C17H25N3OS/c1-10-15(22-11(2)19-10)9-18-16(21)20-17-6-12-3-13(7-17)5-14(4-12)8-17/h12-14H,3-9H2,1-2H3,(H2,18,20,21). The summed E-state index contributed by atoms with van der Waals surface area (Å²) in [4.78, 5) is 18.0. The van der Waals surface area contributed by atoms with Gasteiger partial charge in [-0.2, -0.15) is 0 Å². The quantitative estimate of drug-likeness (QED) is 0.895. The van der Waals surface area contributed by atoms with Gasteiger partial charge in [-0.3, -0.25) is 0 Å². The molecule has 4 saturated carbocycles. The van der Waals surface area contributed by atoms with Crippen LogP contribution in [0.3, 0.4) is 0 Å². The fourth-order valence-corrected chi connectivity index (χ4v) is 6.32. The van der Waals surface area contributed by atoms with Crippen molar-refractivity contribution >= 4 is 17.4 Å². The summed E-state index contributed by atoms with van der Waals surface area (Å²) in [5, 5.41) is 7.47. The monoisotopic (exact) mass is 319 g/mol. The van der Waals surface area contributed by atoms with Crippen molar-refractivity contribution in [2.45, 2.75) is 64.5 Å². The Morgan fingerprint density at radius 3 is 2.27 bits per heavy atom. The maximum absolute atomic E-state index is 12.4. The number of rotatable bonds is 3. The third-order valence-electron chi connectivity index (χ3n) is 5.83. The van der Waals surface area contributed by atoms with Gasteiger partial charge in [0.2, 0.25) is 0 Å². The second-order valence-electron chi connectivity index (χ2n) is 7.75. The van der Waals surface area contributed by atoms with E-state index in [9.17, 15) is 4.79 Å². The molecule has 22 heavy (non-hydrogen) atoms. The summed E-state index contributed by atoms with van der Waals surface area (Å²) >= 11 is 1.67. The molecule has 4 aliphatic carbocycles. The van der Waals surface area contributed by atoms with Crippen LogP contribution in [0.5, 0.6) is 0 Å². The molecule has 4 fully saturated rings. The van der Waals surface area contributed by atoms with Crippen molar-refractivity contribution in [2.24, 2.45) is 17.8 Å². The van der Waals surface area contributed by atoms with E-state index in [1.165, 1.54) is 38.5 Å². The number of aromatic nitrogens is 1. The molecule has 1 aromatic rings. The van der Waals surface area contributed by atoms with Crippen LogP contribution in [0.2, 0.25) is 0 Å². The van der Waals surface area contributed by atoms with E-state index in [1.54, 1.807) is 11.3 Å². The highest BCUT2D eigenvalue weighted by Gasteiger charge is 2.51. The van der Waals surface area contributed by atoms with Crippen molar-refractivity contribution < 1.29 is 4.79 Å². The van der Waals surface area contributed by atoms with E-state index >= 15 is 0 Å². The van der Waals surface area contributed by atoms with Gasteiger partial charge >= 0.3 is 6.03 Å². The van der Waals surface area contributed by atoms with E-state index in [4.69, 9.17) is 0 Å². The number of hydrogen-bond acceptors (Lipinski definition) is 3. The van der Waals surface area contributed by atoms with E-state index in [-0.39, 0.29) is 11.6 Å². The summed E-state index contributed by atoms with van der Waals surface area (Å²) in [6, 6.07) is 0.00685. The average Bonchev–Trinajstić information content (AvgIpc) is 2.72. The topological polar surface area (TPSA) is 54.0 Å². The van der Waals surface area contributed by atoms with E-state index < -0.39 is 0 Å². The number of thiazole rings is 1. The van der Waals surface area contributed by atoms with Crippen molar-refractivity contribution in [3.63, 3.8) is 0 Å². The molecule has 1 heterocycles. The van der Waals surface area contributed by atoms with Gasteiger partial charge in [0.25, 0.3) is 0 Å². The Hall–Kier alpha value is -1.10. The van der Waals surface area contributed by atoms with Crippen molar-refractivity contribution in [1.82, 2.24) is 15.6 Å². The Bertz CT molecular complexity index is 559. The van der Waals surface area contributed by atoms with Crippen LogP contribution in [0.15, 0.2) is 0 Å². The van der Waals surface area contributed by atoms with Crippen molar-refractivity contribution in [3.8, 4) is 0 Å². The first-order valence-corrected chi connectivity index (χ1v) is 9.32. The molecule has 2 amide bonds. The number of aryl methyl sites for hydroxylation is 2. The van der Waals surface area contributed by atoms with Gasteiger partial charge < -0.3 is 10.6 Å².